The Kier molecular flexibility index (Phi) is 3.85. The fourth-order valence-electron chi connectivity index (χ4n) is 2.01. The molecular formula is C14H11N5O3S. The molecule has 0 fully saturated rings. The summed E-state index contributed by atoms with van der Waals surface area (Å²) in [5.74, 6) is -0.525. The molecule has 2 heterocycles. The minimum atomic E-state index is -0.531. The van der Waals surface area contributed by atoms with E-state index in [9.17, 15) is 14.9 Å². The van der Waals surface area contributed by atoms with Crippen LogP contribution in [0.2, 0.25) is 0 Å². The predicted molar refractivity (Wildman–Crippen MR) is 83.4 cm³/mol. The number of thiazole rings is 1. The highest BCUT2D eigenvalue weighted by atomic mass is 32.1. The van der Waals surface area contributed by atoms with Gasteiger partial charge >= 0.3 is 0 Å². The van der Waals surface area contributed by atoms with Gasteiger partial charge in [0.05, 0.1) is 11.3 Å². The third-order valence-corrected chi connectivity index (χ3v) is 4.01. The van der Waals surface area contributed by atoms with Gasteiger partial charge in [-0.1, -0.05) is 0 Å². The Labute approximate surface area is 134 Å². The lowest BCUT2D eigenvalue weighted by Gasteiger charge is -2.04. The molecule has 0 saturated carbocycles. The van der Waals surface area contributed by atoms with Crippen molar-refractivity contribution in [1.82, 2.24) is 14.1 Å². The number of carbonyl (C=O) groups is 1. The van der Waals surface area contributed by atoms with Gasteiger partial charge in [0.2, 0.25) is 0 Å². The van der Waals surface area contributed by atoms with E-state index in [2.05, 4.69) is 9.98 Å². The number of hydrogen-bond acceptors (Lipinski definition) is 5. The summed E-state index contributed by atoms with van der Waals surface area (Å²) in [6, 6.07) is 4.26. The molecule has 9 heteroatoms. The van der Waals surface area contributed by atoms with Gasteiger partial charge in [-0.15, -0.1) is 11.3 Å². The standard InChI is InChI=1S/C14H11N5O3S/c1-17-6-7-23-14(17)16-13(20)10-2-3-11(12(8-10)19(21)22)18-5-4-15-9-18/h2-9H,1H3. The van der Waals surface area contributed by atoms with Crippen molar-refractivity contribution in [3.8, 4) is 5.69 Å². The van der Waals surface area contributed by atoms with E-state index in [1.165, 1.54) is 46.6 Å². The minimum absolute atomic E-state index is 0.161. The molecular weight excluding hydrogens is 318 g/mol. The number of nitro benzene ring substituents is 1. The number of aromatic nitrogens is 3. The van der Waals surface area contributed by atoms with Gasteiger partial charge in [0.25, 0.3) is 11.6 Å². The van der Waals surface area contributed by atoms with E-state index in [0.29, 0.717) is 10.5 Å². The average Bonchev–Trinajstić information content (AvgIpc) is 3.19. The van der Waals surface area contributed by atoms with E-state index in [1.54, 1.807) is 29.4 Å². The van der Waals surface area contributed by atoms with Crippen molar-refractivity contribution >= 4 is 22.9 Å². The van der Waals surface area contributed by atoms with Crippen LogP contribution in [0.25, 0.3) is 5.69 Å². The summed E-state index contributed by atoms with van der Waals surface area (Å²) in [5, 5.41) is 13.1. The number of nitrogens with zero attached hydrogens (tertiary/aromatic N) is 5. The molecule has 0 aliphatic carbocycles. The molecule has 0 saturated heterocycles. The van der Waals surface area contributed by atoms with Gasteiger partial charge in [-0.2, -0.15) is 4.99 Å². The maximum Gasteiger partial charge on any atom is 0.294 e. The summed E-state index contributed by atoms with van der Waals surface area (Å²) in [6.07, 6.45) is 6.36. The summed E-state index contributed by atoms with van der Waals surface area (Å²) in [5.41, 5.74) is 0.319. The van der Waals surface area contributed by atoms with E-state index < -0.39 is 10.8 Å². The Morgan fingerprint density at radius 3 is 2.83 bits per heavy atom. The third-order valence-electron chi connectivity index (χ3n) is 3.16. The highest BCUT2D eigenvalue weighted by Crippen LogP contribution is 2.24. The Morgan fingerprint density at radius 1 is 1.39 bits per heavy atom. The van der Waals surface area contributed by atoms with Crippen LogP contribution in [0.4, 0.5) is 5.69 Å². The minimum Gasteiger partial charge on any atom is -0.327 e. The van der Waals surface area contributed by atoms with Gasteiger partial charge in [-0.3, -0.25) is 14.9 Å². The van der Waals surface area contributed by atoms with Crippen LogP contribution in [0.5, 0.6) is 0 Å². The molecule has 0 aliphatic rings. The van der Waals surface area contributed by atoms with Crippen molar-refractivity contribution in [3.05, 3.63) is 69.0 Å². The summed E-state index contributed by atoms with van der Waals surface area (Å²) in [6.45, 7) is 0. The molecule has 1 aromatic carbocycles. The molecule has 3 rings (SSSR count). The maximum absolute atomic E-state index is 12.2. The zero-order chi connectivity index (χ0) is 16.4. The number of aryl methyl sites for hydroxylation is 1. The Morgan fingerprint density at radius 2 is 2.22 bits per heavy atom. The lowest BCUT2D eigenvalue weighted by atomic mass is 10.1. The van der Waals surface area contributed by atoms with Gasteiger partial charge in [-0.05, 0) is 12.1 Å². The van der Waals surface area contributed by atoms with E-state index in [-0.39, 0.29) is 11.3 Å². The highest BCUT2D eigenvalue weighted by molar-refractivity contribution is 7.07. The zero-order valence-electron chi connectivity index (χ0n) is 12.0. The first-order valence-corrected chi connectivity index (χ1v) is 7.40. The van der Waals surface area contributed by atoms with Crippen LogP contribution < -0.4 is 4.80 Å². The molecule has 2 aromatic heterocycles. The SMILES string of the molecule is Cn1ccsc1=NC(=O)c1ccc(-n2ccnc2)c([N+](=O)[O-])c1. The largest absolute Gasteiger partial charge is 0.327 e. The summed E-state index contributed by atoms with van der Waals surface area (Å²) < 4.78 is 3.22. The topological polar surface area (TPSA) is 95.3 Å². The first kappa shape index (κ1) is 14.9. The van der Waals surface area contributed by atoms with Crippen molar-refractivity contribution in [2.75, 3.05) is 0 Å². The van der Waals surface area contributed by atoms with Crippen molar-refractivity contribution in [2.24, 2.45) is 12.0 Å². The van der Waals surface area contributed by atoms with Crippen LogP contribution >= 0.6 is 11.3 Å². The third kappa shape index (κ3) is 2.94. The lowest BCUT2D eigenvalue weighted by molar-refractivity contribution is -0.384. The van der Waals surface area contributed by atoms with E-state index in [1.807, 2.05) is 0 Å². The normalized spacial score (nSPS) is 11.6. The number of hydrogen-bond donors (Lipinski definition) is 0. The van der Waals surface area contributed by atoms with Crippen LogP contribution in [-0.2, 0) is 7.05 Å². The lowest BCUT2D eigenvalue weighted by Crippen LogP contribution is -2.13. The van der Waals surface area contributed by atoms with E-state index in [0.717, 1.165) is 0 Å². The van der Waals surface area contributed by atoms with Gasteiger partial charge in [0.15, 0.2) is 4.80 Å². The molecule has 0 atom stereocenters. The summed E-state index contributed by atoms with van der Waals surface area (Å²) in [7, 11) is 1.77. The summed E-state index contributed by atoms with van der Waals surface area (Å²) in [4.78, 5) is 31.4. The second kappa shape index (κ2) is 5.97. The van der Waals surface area contributed by atoms with Crippen LogP contribution in [0, 0.1) is 10.1 Å². The predicted octanol–water partition coefficient (Wildman–Crippen LogP) is 1.92. The molecule has 23 heavy (non-hydrogen) atoms. The van der Waals surface area contributed by atoms with Crippen molar-refractivity contribution in [3.63, 3.8) is 0 Å². The second-order valence-electron chi connectivity index (χ2n) is 4.64. The van der Waals surface area contributed by atoms with Crippen LogP contribution in [0.15, 0.2) is 53.5 Å². The fraction of sp³-hybridized carbons (Fsp3) is 0.0714. The number of rotatable bonds is 3. The molecule has 3 aromatic rings. The van der Waals surface area contributed by atoms with Crippen LogP contribution in [-0.4, -0.2) is 24.9 Å². The smallest absolute Gasteiger partial charge is 0.294 e. The molecule has 8 nitrogen and oxygen atoms in total. The van der Waals surface area contributed by atoms with Crippen molar-refractivity contribution in [1.29, 1.82) is 0 Å². The van der Waals surface area contributed by atoms with Gasteiger partial charge in [0, 0.05) is 42.6 Å². The number of carbonyl (C=O) groups excluding carboxylic acids is 1. The average molecular weight is 329 g/mol. The molecule has 0 radical (unpaired) electrons. The molecule has 116 valence electrons. The molecule has 0 spiro atoms. The van der Waals surface area contributed by atoms with Gasteiger partial charge in [0.1, 0.15) is 5.69 Å². The van der Waals surface area contributed by atoms with Crippen molar-refractivity contribution < 1.29 is 9.72 Å². The zero-order valence-corrected chi connectivity index (χ0v) is 12.8. The molecule has 1 amide bonds. The number of amides is 1. The number of nitro groups is 1. The first-order valence-electron chi connectivity index (χ1n) is 6.52. The highest BCUT2D eigenvalue weighted by Gasteiger charge is 2.18. The van der Waals surface area contributed by atoms with E-state index in [4.69, 9.17) is 0 Å². The van der Waals surface area contributed by atoms with Gasteiger partial charge in [-0.25, -0.2) is 4.98 Å². The first-order chi connectivity index (χ1) is 11.1. The quantitative estimate of drug-likeness (QED) is 0.542. The van der Waals surface area contributed by atoms with E-state index >= 15 is 0 Å². The maximum atomic E-state index is 12.2. The van der Waals surface area contributed by atoms with Crippen LogP contribution in [0.1, 0.15) is 10.4 Å². The number of imidazole rings is 1. The van der Waals surface area contributed by atoms with Gasteiger partial charge < -0.3 is 9.13 Å². The summed E-state index contributed by atoms with van der Waals surface area (Å²) >= 11 is 1.31. The van der Waals surface area contributed by atoms with Crippen molar-refractivity contribution in [2.45, 2.75) is 0 Å². The Bertz CT molecular complexity index is 939. The Hall–Kier alpha value is -3.07. The monoisotopic (exact) mass is 329 g/mol. The molecule has 0 unspecified atom stereocenters. The van der Waals surface area contributed by atoms with Crippen LogP contribution in [0.3, 0.4) is 0 Å². The molecule has 0 N–H and O–H groups in total. The molecule has 0 bridgehead atoms. The second-order valence-corrected chi connectivity index (χ2v) is 5.52. The molecule has 0 aliphatic heterocycles. The fourth-order valence-corrected chi connectivity index (χ4v) is 2.74. The Balaban J connectivity index is 2.05. The number of benzene rings is 1.